The van der Waals surface area contributed by atoms with Crippen LogP contribution in [0.1, 0.15) is 11.4 Å². The van der Waals surface area contributed by atoms with Gasteiger partial charge >= 0.3 is 0 Å². The third kappa shape index (κ3) is 2.57. The minimum atomic E-state index is -0.421. The SMILES string of the molecule is COCC(O)Cn1c(C)ccc1C. The van der Waals surface area contributed by atoms with Crippen molar-refractivity contribution in [3.05, 3.63) is 23.5 Å². The summed E-state index contributed by atoms with van der Waals surface area (Å²) in [4.78, 5) is 0. The molecule has 1 N–H and O–H groups in total. The van der Waals surface area contributed by atoms with Crippen molar-refractivity contribution in [1.29, 1.82) is 0 Å². The van der Waals surface area contributed by atoms with Gasteiger partial charge in [0.15, 0.2) is 0 Å². The van der Waals surface area contributed by atoms with E-state index in [-0.39, 0.29) is 0 Å². The van der Waals surface area contributed by atoms with Gasteiger partial charge in [0.05, 0.1) is 19.3 Å². The lowest BCUT2D eigenvalue weighted by atomic mass is 10.3. The maximum absolute atomic E-state index is 9.52. The molecule has 1 atom stereocenters. The molecule has 0 saturated heterocycles. The van der Waals surface area contributed by atoms with Crippen molar-refractivity contribution in [3.8, 4) is 0 Å². The zero-order valence-corrected chi connectivity index (χ0v) is 8.45. The van der Waals surface area contributed by atoms with Crippen LogP contribution in [0.25, 0.3) is 0 Å². The van der Waals surface area contributed by atoms with Gasteiger partial charge in [-0.15, -0.1) is 0 Å². The summed E-state index contributed by atoms with van der Waals surface area (Å²) in [7, 11) is 1.60. The van der Waals surface area contributed by atoms with Gasteiger partial charge in [0, 0.05) is 18.5 Å². The molecule has 1 aromatic rings. The van der Waals surface area contributed by atoms with E-state index in [0.29, 0.717) is 13.2 Å². The molecule has 1 rings (SSSR count). The van der Waals surface area contributed by atoms with Crippen LogP contribution in [0.15, 0.2) is 12.1 Å². The molecule has 74 valence electrons. The summed E-state index contributed by atoms with van der Waals surface area (Å²) in [6.07, 6.45) is -0.421. The van der Waals surface area contributed by atoms with Gasteiger partial charge in [0.25, 0.3) is 0 Å². The topological polar surface area (TPSA) is 34.4 Å². The van der Waals surface area contributed by atoms with Gasteiger partial charge in [-0.1, -0.05) is 0 Å². The molecule has 0 bridgehead atoms. The Labute approximate surface area is 78.9 Å². The molecule has 3 heteroatoms. The Kier molecular flexibility index (Phi) is 3.51. The van der Waals surface area contributed by atoms with Gasteiger partial charge in [0.2, 0.25) is 0 Å². The monoisotopic (exact) mass is 183 g/mol. The van der Waals surface area contributed by atoms with Crippen LogP contribution in [0, 0.1) is 13.8 Å². The quantitative estimate of drug-likeness (QED) is 0.758. The van der Waals surface area contributed by atoms with Gasteiger partial charge < -0.3 is 14.4 Å². The van der Waals surface area contributed by atoms with Crippen molar-refractivity contribution in [1.82, 2.24) is 4.57 Å². The third-order valence-electron chi connectivity index (χ3n) is 2.17. The molecule has 0 saturated carbocycles. The Morgan fingerprint density at radius 2 is 1.92 bits per heavy atom. The highest BCUT2D eigenvalue weighted by Gasteiger charge is 2.07. The van der Waals surface area contributed by atoms with Crippen LogP contribution in [-0.2, 0) is 11.3 Å². The second-order valence-electron chi connectivity index (χ2n) is 3.34. The maximum atomic E-state index is 9.52. The maximum Gasteiger partial charge on any atom is 0.0951 e. The van der Waals surface area contributed by atoms with Gasteiger partial charge in [0.1, 0.15) is 0 Å². The molecular formula is C10H17NO2. The number of nitrogens with zero attached hydrogens (tertiary/aromatic N) is 1. The van der Waals surface area contributed by atoms with Crippen molar-refractivity contribution in [3.63, 3.8) is 0 Å². The number of ether oxygens (including phenoxy) is 1. The van der Waals surface area contributed by atoms with Gasteiger partial charge in [-0.2, -0.15) is 0 Å². The van der Waals surface area contributed by atoms with E-state index in [9.17, 15) is 5.11 Å². The highest BCUT2D eigenvalue weighted by atomic mass is 16.5. The van der Waals surface area contributed by atoms with Crippen LogP contribution in [0.3, 0.4) is 0 Å². The molecular weight excluding hydrogens is 166 g/mol. The van der Waals surface area contributed by atoms with Crippen molar-refractivity contribution < 1.29 is 9.84 Å². The third-order valence-corrected chi connectivity index (χ3v) is 2.17. The molecule has 1 heterocycles. The molecule has 13 heavy (non-hydrogen) atoms. The molecule has 0 radical (unpaired) electrons. The predicted molar refractivity (Wildman–Crippen MR) is 51.8 cm³/mol. The van der Waals surface area contributed by atoms with Crippen LogP contribution in [0.4, 0.5) is 0 Å². The molecule has 3 nitrogen and oxygen atoms in total. The fraction of sp³-hybridized carbons (Fsp3) is 0.600. The summed E-state index contributed by atoms with van der Waals surface area (Å²) in [5.74, 6) is 0. The first kappa shape index (κ1) is 10.3. The normalized spacial score (nSPS) is 13.2. The number of aromatic nitrogens is 1. The summed E-state index contributed by atoms with van der Waals surface area (Å²) in [6.45, 7) is 5.06. The number of hydrogen-bond acceptors (Lipinski definition) is 2. The Morgan fingerprint density at radius 1 is 1.38 bits per heavy atom. The second-order valence-corrected chi connectivity index (χ2v) is 3.34. The van der Waals surface area contributed by atoms with Crippen molar-refractivity contribution in [2.75, 3.05) is 13.7 Å². The van der Waals surface area contributed by atoms with Crippen molar-refractivity contribution in [2.24, 2.45) is 0 Å². The number of methoxy groups -OCH3 is 1. The lowest BCUT2D eigenvalue weighted by Crippen LogP contribution is -2.22. The van der Waals surface area contributed by atoms with Crippen LogP contribution in [0.5, 0.6) is 0 Å². The van der Waals surface area contributed by atoms with Gasteiger partial charge in [-0.3, -0.25) is 0 Å². The zero-order chi connectivity index (χ0) is 9.84. The van der Waals surface area contributed by atoms with E-state index in [0.717, 1.165) is 0 Å². The Hall–Kier alpha value is -0.800. The van der Waals surface area contributed by atoms with Crippen molar-refractivity contribution in [2.45, 2.75) is 26.5 Å². The van der Waals surface area contributed by atoms with E-state index < -0.39 is 6.10 Å². The van der Waals surface area contributed by atoms with Crippen LogP contribution < -0.4 is 0 Å². The smallest absolute Gasteiger partial charge is 0.0951 e. The fourth-order valence-corrected chi connectivity index (χ4v) is 1.44. The van der Waals surface area contributed by atoms with Gasteiger partial charge in [-0.05, 0) is 26.0 Å². The Morgan fingerprint density at radius 3 is 2.38 bits per heavy atom. The summed E-state index contributed by atoms with van der Waals surface area (Å²) in [6, 6.07) is 4.10. The first-order valence-corrected chi connectivity index (χ1v) is 4.45. The first-order valence-electron chi connectivity index (χ1n) is 4.45. The van der Waals surface area contributed by atoms with Crippen LogP contribution in [0.2, 0.25) is 0 Å². The van der Waals surface area contributed by atoms with Crippen LogP contribution in [-0.4, -0.2) is 29.5 Å². The lowest BCUT2D eigenvalue weighted by Gasteiger charge is -2.14. The number of hydrogen-bond donors (Lipinski definition) is 1. The summed E-state index contributed by atoms with van der Waals surface area (Å²) in [5, 5.41) is 9.52. The summed E-state index contributed by atoms with van der Waals surface area (Å²) in [5.41, 5.74) is 2.35. The molecule has 1 unspecified atom stereocenters. The lowest BCUT2D eigenvalue weighted by molar-refractivity contribution is 0.0531. The predicted octanol–water partition coefficient (Wildman–Crippen LogP) is 1.11. The minimum Gasteiger partial charge on any atom is -0.389 e. The fourth-order valence-electron chi connectivity index (χ4n) is 1.44. The molecule has 0 aliphatic carbocycles. The Balaban J connectivity index is 2.62. The standard InChI is InChI=1S/C10H17NO2/c1-8-4-5-9(2)11(8)6-10(12)7-13-3/h4-5,10,12H,6-7H2,1-3H3. The molecule has 0 aliphatic heterocycles. The van der Waals surface area contributed by atoms with Gasteiger partial charge in [-0.25, -0.2) is 0 Å². The molecule has 0 aliphatic rings. The van der Waals surface area contributed by atoms with E-state index in [4.69, 9.17) is 4.74 Å². The molecule has 1 aromatic heterocycles. The molecule has 0 aromatic carbocycles. The minimum absolute atomic E-state index is 0.386. The molecule has 0 amide bonds. The number of aliphatic hydroxyl groups is 1. The zero-order valence-electron chi connectivity index (χ0n) is 8.45. The Bertz CT molecular complexity index is 248. The number of rotatable bonds is 4. The first-order chi connectivity index (χ1) is 6.15. The second kappa shape index (κ2) is 4.44. The average Bonchev–Trinajstić information content (AvgIpc) is 2.36. The van der Waals surface area contributed by atoms with E-state index in [1.165, 1.54) is 11.4 Å². The van der Waals surface area contributed by atoms with Crippen molar-refractivity contribution >= 4 is 0 Å². The summed E-state index contributed by atoms with van der Waals surface area (Å²) < 4.78 is 6.96. The van der Waals surface area contributed by atoms with E-state index >= 15 is 0 Å². The number of aryl methyl sites for hydroxylation is 2. The average molecular weight is 183 g/mol. The largest absolute Gasteiger partial charge is 0.389 e. The molecule has 0 fully saturated rings. The van der Waals surface area contributed by atoms with Crippen LogP contribution >= 0.6 is 0 Å². The highest BCUT2D eigenvalue weighted by molar-refractivity contribution is 5.13. The van der Waals surface area contributed by atoms with E-state index in [2.05, 4.69) is 16.7 Å². The number of aliphatic hydroxyl groups excluding tert-OH is 1. The summed E-state index contributed by atoms with van der Waals surface area (Å²) >= 11 is 0. The highest BCUT2D eigenvalue weighted by Crippen LogP contribution is 2.07. The van der Waals surface area contributed by atoms with E-state index in [1.54, 1.807) is 7.11 Å². The van der Waals surface area contributed by atoms with E-state index in [1.807, 2.05) is 13.8 Å². The molecule has 0 spiro atoms.